The zero-order chi connectivity index (χ0) is 11.0. The van der Waals surface area contributed by atoms with E-state index < -0.39 is 0 Å². The van der Waals surface area contributed by atoms with Crippen LogP contribution in [0.3, 0.4) is 0 Å². The molecule has 1 aliphatic carbocycles. The van der Waals surface area contributed by atoms with E-state index in [-0.39, 0.29) is 6.10 Å². The number of benzene rings is 1. The van der Waals surface area contributed by atoms with Crippen LogP contribution >= 0.6 is 11.8 Å². The van der Waals surface area contributed by atoms with Crippen LogP contribution in [0, 0.1) is 5.92 Å². The third kappa shape index (κ3) is 1.93. The van der Waals surface area contributed by atoms with Crippen molar-refractivity contribution in [3.05, 3.63) is 24.3 Å². The van der Waals surface area contributed by atoms with E-state index in [1.807, 2.05) is 23.9 Å². The highest BCUT2D eigenvalue weighted by atomic mass is 32.2. The molecule has 1 aliphatic heterocycles. The van der Waals surface area contributed by atoms with Gasteiger partial charge in [-0.25, -0.2) is 0 Å². The van der Waals surface area contributed by atoms with Crippen molar-refractivity contribution in [2.45, 2.75) is 29.9 Å². The highest BCUT2D eigenvalue weighted by molar-refractivity contribution is 7.99. The van der Waals surface area contributed by atoms with Crippen LogP contribution in [0.5, 0.6) is 5.75 Å². The van der Waals surface area contributed by atoms with Crippen molar-refractivity contribution in [1.29, 1.82) is 0 Å². The quantitative estimate of drug-likeness (QED) is 0.620. The van der Waals surface area contributed by atoms with Gasteiger partial charge in [0, 0.05) is 10.6 Å². The maximum absolute atomic E-state index is 6.02. The van der Waals surface area contributed by atoms with Crippen LogP contribution in [0.1, 0.15) is 12.8 Å². The van der Waals surface area contributed by atoms with Crippen molar-refractivity contribution in [1.82, 2.24) is 5.43 Å². The van der Waals surface area contributed by atoms with E-state index in [1.54, 1.807) is 0 Å². The minimum atomic E-state index is 0.206. The van der Waals surface area contributed by atoms with Gasteiger partial charge in [-0.1, -0.05) is 12.1 Å². The molecule has 0 amide bonds. The molecule has 0 radical (unpaired) electrons. The van der Waals surface area contributed by atoms with Gasteiger partial charge in [-0.3, -0.25) is 11.3 Å². The normalized spacial score (nSPS) is 25.7. The van der Waals surface area contributed by atoms with E-state index >= 15 is 0 Å². The van der Waals surface area contributed by atoms with E-state index in [2.05, 4.69) is 17.6 Å². The van der Waals surface area contributed by atoms with Crippen LogP contribution < -0.4 is 16.0 Å². The number of thioether (sulfide) groups is 1. The molecular formula is C12H16N2OS. The monoisotopic (exact) mass is 236 g/mol. The molecule has 0 saturated heterocycles. The number of nitrogens with one attached hydrogen (secondary N) is 1. The second-order valence-electron chi connectivity index (χ2n) is 4.44. The summed E-state index contributed by atoms with van der Waals surface area (Å²) in [4.78, 5) is 1.24. The molecule has 86 valence electrons. The predicted molar refractivity (Wildman–Crippen MR) is 65.4 cm³/mol. The van der Waals surface area contributed by atoms with Crippen molar-refractivity contribution >= 4 is 11.8 Å². The van der Waals surface area contributed by atoms with Crippen molar-refractivity contribution in [3.63, 3.8) is 0 Å². The summed E-state index contributed by atoms with van der Waals surface area (Å²) in [5, 5.41) is 0. The summed E-state index contributed by atoms with van der Waals surface area (Å²) < 4.78 is 6.02. The number of rotatable bonds is 3. The number of ether oxygens (including phenoxy) is 1. The number of fused-ring (bicyclic) bond motifs is 1. The summed E-state index contributed by atoms with van der Waals surface area (Å²) in [6.45, 7) is 0. The summed E-state index contributed by atoms with van der Waals surface area (Å²) in [6, 6.07) is 8.52. The summed E-state index contributed by atoms with van der Waals surface area (Å²) in [5.41, 5.74) is 2.93. The van der Waals surface area contributed by atoms with Gasteiger partial charge >= 0.3 is 0 Å². The van der Waals surface area contributed by atoms with Crippen LogP contribution in [0.15, 0.2) is 29.2 Å². The summed E-state index contributed by atoms with van der Waals surface area (Å²) in [7, 11) is 0. The fraction of sp³-hybridized carbons (Fsp3) is 0.500. The highest BCUT2D eigenvalue weighted by Gasteiger charge is 2.38. The minimum Gasteiger partial charge on any atom is -0.487 e. The van der Waals surface area contributed by atoms with E-state index in [9.17, 15) is 0 Å². The van der Waals surface area contributed by atoms with E-state index in [1.165, 1.54) is 17.7 Å². The van der Waals surface area contributed by atoms with Crippen molar-refractivity contribution < 1.29 is 4.74 Å². The molecule has 1 aromatic carbocycles. The predicted octanol–water partition coefficient (Wildman–Crippen LogP) is 1.78. The number of nitrogens with two attached hydrogens (primary N) is 1. The van der Waals surface area contributed by atoms with Gasteiger partial charge < -0.3 is 4.74 Å². The van der Waals surface area contributed by atoms with Crippen LogP contribution in [-0.2, 0) is 0 Å². The molecule has 3 N–H and O–H groups in total. The molecule has 4 heteroatoms. The topological polar surface area (TPSA) is 47.3 Å². The van der Waals surface area contributed by atoms with Crippen molar-refractivity contribution in [2.24, 2.45) is 11.8 Å². The van der Waals surface area contributed by atoms with Gasteiger partial charge in [0.05, 0.1) is 6.04 Å². The summed E-state index contributed by atoms with van der Waals surface area (Å²) in [6.07, 6.45) is 2.76. The first-order valence-electron chi connectivity index (χ1n) is 5.73. The molecule has 0 aromatic heterocycles. The Morgan fingerprint density at radius 2 is 2.19 bits per heavy atom. The average molecular weight is 236 g/mol. The molecule has 2 unspecified atom stereocenters. The molecule has 2 atom stereocenters. The molecule has 3 nitrogen and oxygen atoms in total. The maximum atomic E-state index is 6.02. The van der Waals surface area contributed by atoms with Crippen LogP contribution in [0.4, 0.5) is 0 Å². The number of hydrazine groups is 1. The first-order chi connectivity index (χ1) is 7.88. The lowest BCUT2D eigenvalue weighted by atomic mass is 10.1. The van der Waals surface area contributed by atoms with Gasteiger partial charge in [0.25, 0.3) is 0 Å². The van der Waals surface area contributed by atoms with Gasteiger partial charge in [0.15, 0.2) is 0 Å². The third-order valence-electron chi connectivity index (χ3n) is 3.25. The molecule has 3 rings (SSSR count). The summed E-state index contributed by atoms with van der Waals surface area (Å²) >= 11 is 1.87. The molecule has 2 aliphatic rings. The Labute approximate surface area is 99.7 Å². The molecule has 0 bridgehead atoms. The lowest BCUT2D eigenvalue weighted by Crippen LogP contribution is -2.50. The fourth-order valence-corrected chi connectivity index (χ4v) is 3.27. The number of hydrogen-bond acceptors (Lipinski definition) is 4. The first-order valence-corrected chi connectivity index (χ1v) is 6.71. The van der Waals surface area contributed by atoms with Crippen LogP contribution in [0.2, 0.25) is 0 Å². The van der Waals surface area contributed by atoms with Gasteiger partial charge in [-0.15, -0.1) is 11.8 Å². The Hall–Kier alpha value is -0.710. The Balaban J connectivity index is 1.76. The minimum absolute atomic E-state index is 0.206. The third-order valence-corrected chi connectivity index (χ3v) is 4.40. The Morgan fingerprint density at radius 1 is 1.38 bits per heavy atom. The van der Waals surface area contributed by atoms with Gasteiger partial charge in [0.1, 0.15) is 11.9 Å². The lowest BCUT2D eigenvalue weighted by Gasteiger charge is -2.31. The van der Waals surface area contributed by atoms with Gasteiger partial charge in [-0.05, 0) is 30.9 Å². The SMILES string of the molecule is NNC(C1CC1)C1CSc2ccccc2O1. The number of para-hydroxylation sites is 1. The Bertz CT molecular complexity index is 381. The van der Waals surface area contributed by atoms with E-state index in [0.717, 1.165) is 11.5 Å². The highest BCUT2D eigenvalue weighted by Crippen LogP contribution is 2.40. The standard InChI is InChI=1S/C12H16N2OS/c13-14-12(8-5-6-8)10-7-16-11-4-2-1-3-9(11)15-10/h1-4,8,10,12,14H,5-7,13H2. The largest absolute Gasteiger partial charge is 0.487 e. The fourth-order valence-electron chi connectivity index (χ4n) is 2.22. The van der Waals surface area contributed by atoms with Crippen LogP contribution in [-0.4, -0.2) is 17.9 Å². The van der Waals surface area contributed by atoms with Crippen molar-refractivity contribution in [2.75, 3.05) is 5.75 Å². The zero-order valence-corrected chi connectivity index (χ0v) is 9.87. The molecule has 1 heterocycles. The maximum Gasteiger partial charge on any atom is 0.133 e. The molecule has 1 fully saturated rings. The lowest BCUT2D eigenvalue weighted by molar-refractivity contribution is 0.154. The molecule has 0 spiro atoms. The van der Waals surface area contributed by atoms with Crippen LogP contribution in [0.25, 0.3) is 0 Å². The molecule has 16 heavy (non-hydrogen) atoms. The molecular weight excluding hydrogens is 220 g/mol. The first kappa shape index (κ1) is 10.4. The van der Waals surface area contributed by atoms with Gasteiger partial charge in [-0.2, -0.15) is 0 Å². The molecule has 1 saturated carbocycles. The second-order valence-corrected chi connectivity index (χ2v) is 5.51. The number of hydrogen-bond donors (Lipinski definition) is 2. The molecule has 1 aromatic rings. The van der Waals surface area contributed by atoms with E-state index in [4.69, 9.17) is 10.6 Å². The Kier molecular flexibility index (Phi) is 2.79. The smallest absolute Gasteiger partial charge is 0.133 e. The second kappa shape index (κ2) is 4.28. The Morgan fingerprint density at radius 3 is 2.94 bits per heavy atom. The summed E-state index contributed by atoms with van der Waals surface area (Å²) in [5.74, 6) is 8.33. The average Bonchev–Trinajstić information content (AvgIpc) is 3.14. The zero-order valence-electron chi connectivity index (χ0n) is 9.06. The van der Waals surface area contributed by atoms with Crippen molar-refractivity contribution in [3.8, 4) is 5.75 Å². The van der Waals surface area contributed by atoms with Gasteiger partial charge in [0.2, 0.25) is 0 Å². The van der Waals surface area contributed by atoms with E-state index in [0.29, 0.717) is 12.0 Å².